The highest BCUT2D eigenvalue weighted by Gasteiger charge is 2.12. The van der Waals surface area contributed by atoms with Crippen LogP contribution in [0.5, 0.6) is 0 Å². The van der Waals surface area contributed by atoms with Crippen molar-refractivity contribution < 1.29 is 4.79 Å². The Morgan fingerprint density at radius 3 is 2.80 bits per heavy atom. The van der Waals surface area contributed by atoms with E-state index in [1.54, 1.807) is 6.92 Å². The van der Waals surface area contributed by atoms with E-state index >= 15 is 0 Å². The second kappa shape index (κ2) is 5.09. The quantitative estimate of drug-likeness (QED) is 0.831. The van der Waals surface area contributed by atoms with E-state index in [1.807, 2.05) is 0 Å². The highest BCUT2D eigenvalue weighted by Crippen LogP contribution is 2.14. The van der Waals surface area contributed by atoms with Gasteiger partial charge in [-0.2, -0.15) is 0 Å². The molecule has 15 heavy (non-hydrogen) atoms. The third-order valence-electron chi connectivity index (χ3n) is 1.51. The number of halogens is 2. The number of hydrogen-bond donors (Lipinski definition) is 1. The van der Waals surface area contributed by atoms with Gasteiger partial charge in [0.1, 0.15) is 0 Å². The molecule has 1 N–H and O–H groups in total. The van der Waals surface area contributed by atoms with Crippen LogP contribution >= 0.6 is 23.2 Å². The van der Waals surface area contributed by atoms with Gasteiger partial charge < -0.3 is 5.32 Å². The molecule has 0 aliphatic heterocycles. The smallest absolute Gasteiger partial charge is 0.254 e. The first-order valence-corrected chi connectivity index (χ1v) is 4.87. The highest BCUT2D eigenvalue weighted by atomic mass is 35.5. The summed E-state index contributed by atoms with van der Waals surface area (Å²) in [7, 11) is 0. The number of carbonyl (C=O) groups excluding carboxylic acids is 1. The SMILES string of the molecule is C=C(C)CNC(=O)c1cc(Cl)nnc1Cl. The summed E-state index contributed by atoms with van der Waals surface area (Å²) in [6, 6.07) is 1.37. The topological polar surface area (TPSA) is 54.9 Å². The molecule has 0 saturated heterocycles. The summed E-state index contributed by atoms with van der Waals surface area (Å²) in [6.07, 6.45) is 0. The average Bonchev–Trinajstić information content (AvgIpc) is 2.18. The van der Waals surface area contributed by atoms with Crippen LogP contribution in [0.2, 0.25) is 10.3 Å². The average molecular weight is 246 g/mol. The van der Waals surface area contributed by atoms with Crippen LogP contribution in [0.15, 0.2) is 18.2 Å². The molecule has 0 spiro atoms. The maximum absolute atomic E-state index is 11.6. The zero-order valence-electron chi connectivity index (χ0n) is 8.05. The number of nitrogens with one attached hydrogen (secondary N) is 1. The van der Waals surface area contributed by atoms with Crippen LogP contribution in [0.25, 0.3) is 0 Å². The maximum atomic E-state index is 11.6. The van der Waals surface area contributed by atoms with Crippen molar-refractivity contribution in [2.45, 2.75) is 6.92 Å². The van der Waals surface area contributed by atoms with E-state index in [0.717, 1.165) is 5.57 Å². The number of rotatable bonds is 3. The molecule has 1 heterocycles. The van der Waals surface area contributed by atoms with Crippen molar-refractivity contribution in [2.24, 2.45) is 0 Å². The second-order valence-electron chi connectivity index (χ2n) is 3.01. The van der Waals surface area contributed by atoms with Gasteiger partial charge in [0.05, 0.1) is 5.56 Å². The van der Waals surface area contributed by atoms with Crippen LogP contribution in [-0.4, -0.2) is 22.6 Å². The van der Waals surface area contributed by atoms with E-state index < -0.39 is 0 Å². The van der Waals surface area contributed by atoms with Crippen molar-refractivity contribution in [3.63, 3.8) is 0 Å². The fourth-order valence-electron chi connectivity index (χ4n) is 0.839. The maximum Gasteiger partial charge on any atom is 0.254 e. The normalized spacial score (nSPS) is 9.80. The van der Waals surface area contributed by atoms with Gasteiger partial charge in [-0.25, -0.2) is 0 Å². The summed E-state index contributed by atoms with van der Waals surface area (Å²) in [4.78, 5) is 11.6. The van der Waals surface area contributed by atoms with Crippen LogP contribution in [0.3, 0.4) is 0 Å². The first-order valence-electron chi connectivity index (χ1n) is 4.12. The Hall–Kier alpha value is -1.13. The van der Waals surface area contributed by atoms with E-state index in [4.69, 9.17) is 23.2 Å². The molecule has 1 rings (SSSR count). The van der Waals surface area contributed by atoms with Crippen LogP contribution in [0, 0.1) is 0 Å². The minimum atomic E-state index is -0.347. The third kappa shape index (κ3) is 3.49. The van der Waals surface area contributed by atoms with Crippen molar-refractivity contribution in [1.82, 2.24) is 15.5 Å². The first kappa shape index (κ1) is 11.9. The van der Waals surface area contributed by atoms with Gasteiger partial charge >= 0.3 is 0 Å². The van der Waals surface area contributed by atoms with E-state index in [1.165, 1.54) is 6.07 Å². The molecule has 0 radical (unpaired) electrons. The summed E-state index contributed by atoms with van der Waals surface area (Å²) >= 11 is 11.3. The minimum Gasteiger partial charge on any atom is -0.348 e. The third-order valence-corrected chi connectivity index (χ3v) is 1.98. The zero-order chi connectivity index (χ0) is 11.4. The monoisotopic (exact) mass is 245 g/mol. The van der Waals surface area contributed by atoms with Crippen molar-refractivity contribution >= 4 is 29.1 Å². The Bertz CT molecular complexity index is 406. The zero-order valence-corrected chi connectivity index (χ0v) is 9.56. The summed E-state index contributed by atoms with van der Waals surface area (Å²) in [5.41, 5.74) is 1.05. The fraction of sp³-hybridized carbons (Fsp3) is 0.222. The van der Waals surface area contributed by atoms with Crippen LogP contribution in [0.1, 0.15) is 17.3 Å². The molecule has 80 valence electrons. The van der Waals surface area contributed by atoms with Crippen LogP contribution < -0.4 is 5.32 Å². The molecule has 0 bridgehead atoms. The molecule has 0 saturated carbocycles. The molecular weight excluding hydrogens is 237 g/mol. The predicted molar refractivity (Wildman–Crippen MR) is 59.2 cm³/mol. The number of hydrogen-bond acceptors (Lipinski definition) is 3. The molecule has 0 fully saturated rings. The fourth-order valence-corrected chi connectivity index (χ4v) is 1.16. The largest absolute Gasteiger partial charge is 0.348 e. The van der Waals surface area contributed by atoms with E-state index in [9.17, 15) is 4.79 Å². The number of amides is 1. The first-order chi connectivity index (χ1) is 7.00. The lowest BCUT2D eigenvalue weighted by Gasteiger charge is -2.05. The molecule has 4 nitrogen and oxygen atoms in total. The van der Waals surface area contributed by atoms with Gasteiger partial charge in [0.2, 0.25) is 0 Å². The van der Waals surface area contributed by atoms with Gasteiger partial charge in [0.15, 0.2) is 10.3 Å². The number of carbonyl (C=O) groups is 1. The van der Waals surface area contributed by atoms with Crippen LogP contribution in [0.4, 0.5) is 0 Å². The van der Waals surface area contributed by atoms with Gasteiger partial charge in [0.25, 0.3) is 5.91 Å². The second-order valence-corrected chi connectivity index (χ2v) is 3.76. The molecule has 0 unspecified atom stereocenters. The predicted octanol–water partition coefficient (Wildman–Crippen LogP) is 2.09. The van der Waals surface area contributed by atoms with Gasteiger partial charge in [-0.3, -0.25) is 4.79 Å². The summed E-state index contributed by atoms with van der Waals surface area (Å²) in [6.45, 7) is 5.85. The lowest BCUT2D eigenvalue weighted by atomic mass is 10.2. The van der Waals surface area contributed by atoms with Gasteiger partial charge in [-0.1, -0.05) is 35.4 Å². The van der Waals surface area contributed by atoms with Crippen molar-refractivity contribution in [1.29, 1.82) is 0 Å². The van der Waals surface area contributed by atoms with E-state index in [2.05, 4.69) is 22.1 Å². The Balaban J connectivity index is 2.81. The van der Waals surface area contributed by atoms with E-state index in [-0.39, 0.29) is 21.8 Å². The molecule has 0 aliphatic carbocycles. The highest BCUT2D eigenvalue weighted by molar-refractivity contribution is 6.34. The molecule has 0 aromatic carbocycles. The lowest BCUT2D eigenvalue weighted by molar-refractivity contribution is 0.0956. The molecular formula is C9H9Cl2N3O. The summed E-state index contributed by atoms with van der Waals surface area (Å²) < 4.78 is 0. The van der Waals surface area contributed by atoms with Crippen molar-refractivity contribution in [3.05, 3.63) is 34.1 Å². The Labute approximate surface area is 97.3 Å². The molecule has 1 aromatic rings. The van der Waals surface area contributed by atoms with Gasteiger partial charge in [0, 0.05) is 6.54 Å². The van der Waals surface area contributed by atoms with E-state index in [0.29, 0.717) is 6.54 Å². The van der Waals surface area contributed by atoms with Gasteiger partial charge in [-0.05, 0) is 13.0 Å². The standard InChI is InChI=1S/C9H9Cl2N3O/c1-5(2)4-12-9(15)6-3-7(10)13-14-8(6)11/h3H,1,4H2,2H3,(H,12,15). The molecule has 0 aliphatic rings. The van der Waals surface area contributed by atoms with Crippen molar-refractivity contribution in [2.75, 3.05) is 6.54 Å². The lowest BCUT2D eigenvalue weighted by Crippen LogP contribution is -2.25. The van der Waals surface area contributed by atoms with Crippen molar-refractivity contribution in [3.8, 4) is 0 Å². The summed E-state index contributed by atoms with van der Waals surface area (Å²) in [5.74, 6) is -0.347. The molecule has 1 amide bonds. The minimum absolute atomic E-state index is 0.0265. The van der Waals surface area contributed by atoms with Gasteiger partial charge in [-0.15, -0.1) is 10.2 Å². The molecule has 0 atom stereocenters. The number of nitrogens with zero attached hydrogens (tertiary/aromatic N) is 2. The molecule has 6 heteroatoms. The Morgan fingerprint density at radius 1 is 1.53 bits per heavy atom. The summed E-state index contributed by atoms with van der Waals surface area (Å²) in [5, 5.41) is 9.80. The Morgan fingerprint density at radius 2 is 2.20 bits per heavy atom. The Kier molecular flexibility index (Phi) is 4.05. The molecule has 1 aromatic heterocycles. The number of aromatic nitrogens is 2. The van der Waals surface area contributed by atoms with Crippen LogP contribution in [-0.2, 0) is 0 Å².